The molecule has 0 aliphatic carbocycles. The molecule has 1 heterocycles. The van der Waals surface area contributed by atoms with Crippen LogP contribution >= 0.6 is 0 Å². The fraction of sp³-hybridized carbons (Fsp3) is 0.600. The average molecular weight is 233 g/mol. The van der Waals surface area contributed by atoms with Crippen molar-refractivity contribution in [2.75, 3.05) is 13.2 Å². The van der Waals surface area contributed by atoms with Crippen molar-refractivity contribution >= 4 is 0 Å². The molecule has 1 unspecified atom stereocenters. The Hall–Kier alpha value is -1.02. The van der Waals surface area contributed by atoms with Gasteiger partial charge >= 0.3 is 0 Å². The highest BCUT2D eigenvalue weighted by atomic mass is 16.5. The summed E-state index contributed by atoms with van der Waals surface area (Å²) in [6.45, 7) is 8.53. The van der Waals surface area contributed by atoms with Crippen molar-refractivity contribution in [2.45, 2.75) is 39.7 Å². The van der Waals surface area contributed by atoms with Crippen molar-refractivity contribution in [3.05, 3.63) is 29.3 Å². The van der Waals surface area contributed by atoms with Gasteiger partial charge in [-0.2, -0.15) is 0 Å². The van der Waals surface area contributed by atoms with E-state index in [4.69, 9.17) is 4.74 Å². The maximum atomic E-state index is 5.89. The second kappa shape index (κ2) is 5.54. The summed E-state index contributed by atoms with van der Waals surface area (Å²) in [4.78, 5) is 0. The number of aryl methyl sites for hydroxylation is 1. The summed E-state index contributed by atoms with van der Waals surface area (Å²) in [5, 5.41) is 3.57. The molecule has 1 aliphatic heterocycles. The Morgan fingerprint density at radius 3 is 2.88 bits per heavy atom. The molecule has 1 aliphatic rings. The van der Waals surface area contributed by atoms with Crippen molar-refractivity contribution in [1.82, 2.24) is 5.32 Å². The van der Waals surface area contributed by atoms with Crippen molar-refractivity contribution in [1.29, 1.82) is 0 Å². The van der Waals surface area contributed by atoms with E-state index in [-0.39, 0.29) is 0 Å². The van der Waals surface area contributed by atoms with Gasteiger partial charge in [-0.15, -0.1) is 0 Å². The van der Waals surface area contributed by atoms with Crippen molar-refractivity contribution in [3.63, 3.8) is 0 Å². The molecule has 0 bridgehead atoms. The molecular formula is C15H23NO. The summed E-state index contributed by atoms with van der Waals surface area (Å²) in [6, 6.07) is 6.96. The number of fused-ring (bicyclic) bond motifs is 1. The summed E-state index contributed by atoms with van der Waals surface area (Å²) < 4.78 is 5.89. The average Bonchev–Trinajstić information content (AvgIpc) is 2.35. The number of ether oxygens (including phenoxy) is 1. The molecule has 1 aromatic rings. The van der Waals surface area contributed by atoms with E-state index >= 15 is 0 Å². The Kier molecular flexibility index (Phi) is 4.06. The van der Waals surface area contributed by atoms with Crippen LogP contribution in [0.4, 0.5) is 0 Å². The Bertz CT molecular complexity index is 373. The molecular weight excluding hydrogens is 210 g/mol. The zero-order valence-corrected chi connectivity index (χ0v) is 11.1. The number of nitrogens with one attached hydrogen (secondary N) is 1. The van der Waals surface area contributed by atoms with Crippen LogP contribution in [0.5, 0.6) is 5.75 Å². The lowest BCUT2D eigenvalue weighted by Gasteiger charge is -2.28. The molecule has 1 aromatic carbocycles. The van der Waals surface area contributed by atoms with E-state index in [9.17, 15) is 0 Å². The first-order chi connectivity index (χ1) is 8.24. The van der Waals surface area contributed by atoms with Crippen LogP contribution in [0.3, 0.4) is 0 Å². The zero-order valence-electron chi connectivity index (χ0n) is 11.1. The third-order valence-electron chi connectivity index (χ3n) is 3.39. The van der Waals surface area contributed by atoms with E-state index in [1.54, 1.807) is 0 Å². The fourth-order valence-electron chi connectivity index (χ4n) is 2.58. The minimum atomic E-state index is 0.396. The number of hydrogen-bond acceptors (Lipinski definition) is 2. The highest BCUT2D eigenvalue weighted by molar-refractivity contribution is 5.44. The molecule has 0 amide bonds. The third-order valence-corrected chi connectivity index (χ3v) is 3.39. The Morgan fingerprint density at radius 2 is 2.18 bits per heavy atom. The highest BCUT2D eigenvalue weighted by Gasteiger charge is 2.22. The predicted octanol–water partition coefficient (Wildman–Crippen LogP) is 3.32. The molecule has 0 saturated carbocycles. The minimum absolute atomic E-state index is 0.396. The highest BCUT2D eigenvalue weighted by Crippen LogP contribution is 2.35. The van der Waals surface area contributed by atoms with E-state index < -0.39 is 0 Å². The van der Waals surface area contributed by atoms with Crippen molar-refractivity contribution < 1.29 is 4.74 Å². The first-order valence-corrected chi connectivity index (χ1v) is 6.72. The zero-order chi connectivity index (χ0) is 12.3. The molecule has 94 valence electrons. The first-order valence-electron chi connectivity index (χ1n) is 6.72. The lowest BCUT2D eigenvalue weighted by molar-refractivity contribution is 0.277. The second-order valence-electron chi connectivity index (χ2n) is 5.07. The quantitative estimate of drug-likeness (QED) is 0.861. The van der Waals surface area contributed by atoms with E-state index in [2.05, 4.69) is 44.3 Å². The molecule has 2 heteroatoms. The molecule has 0 spiro atoms. The van der Waals surface area contributed by atoms with Gasteiger partial charge in [0.05, 0.1) is 6.61 Å². The lowest BCUT2D eigenvalue weighted by atomic mass is 9.92. The molecule has 0 aromatic heterocycles. The van der Waals surface area contributed by atoms with Gasteiger partial charge in [-0.25, -0.2) is 0 Å². The molecule has 17 heavy (non-hydrogen) atoms. The Balaban J connectivity index is 2.35. The fourth-order valence-corrected chi connectivity index (χ4v) is 2.58. The predicted molar refractivity (Wildman–Crippen MR) is 71.5 cm³/mol. The summed E-state index contributed by atoms with van der Waals surface area (Å²) in [6.07, 6.45) is 2.30. The Morgan fingerprint density at radius 1 is 1.35 bits per heavy atom. The van der Waals surface area contributed by atoms with Crippen LogP contribution in [0.1, 0.15) is 44.4 Å². The van der Waals surface area contributed by atoms with Crippen molar-refractivity contribution in [2.24, 2.45) is 5.92 Å². The van der Waals surface area contributed by atoms with E-state index in [0.29, 0.717) is 12.0 Å². The standard InChI is InChI=1S/C15H23NO/c1-4-16-14(11(2)3)13-9-5-7-12-8-6-10-17-15(12)13/h5,7,9,11,14,16H,4,6,8,10H2,1-3H3. The maximum Gasteiger partial charge on any atom is 0.127 e. The Labute approximate surface area is 104 Å². The van der Waals surface area contributed by atoms with Crippen LogP contribution in [0, 0.1) is 5.92 Å². The molecule has 1 N–H and O–H groups in total. The first kappa shape index (κ1) is 12.4. The van der Waals surface area contributed by atoms with Gasteiger partial charge in [-0.1, -0.05) is 39.0 Å². The van der Waals surface area contributed by atoms with Gasteiger partial charge in [0.25, 0.3) is 0 Å². The van der Waals surface area contributed by atoms with Gasteiger partial charge in [-0.3, -0.25) is 0 Å². The molecule has 1 atom stereocenters. The van der Waals surface area contributed by atoms with E-state index in [1.807, 2.05) is 0 Å². The minimum Gasteiger partial charge on any atom is -0.493 e. The number of hydrogen-bond donors (Lipinski definition) is 1. The number of benzene rings is 1. The molecule has 0 saturated heterocycles. The van der Waals surface area contributed by atoms with Gasteiger partial charge in [0.2, 0.25) is 0 Å². The van der Waals surface area contributed by atoms with Crippen LogP contribution in [0.25, 0.3) is 0 Å². The van der Waals surface area contributed by atoms with Crippen LogP contribution in [-0.2, 0) is 6.42 Å². The third kappa shape index (κ3) is 2.63. The van der Waals surface area contributed by atoms with E-state index in [1.165, 1.54) is 11.1 Å². The number of para-hydroxylation sites is 1. The molecule has 2 nitrogen and oxygen atoms in total. The molecule has 0 fully saturated rings. The van der Waals surface area contributed by atoms with E-state index in [0.717, 1.165) is 31.7 Å². The summed E-state index contributed by atoms with van der Waals surface area (Å²) in [5.41, 5.74) is 2.70. The molecule has 0 radical (unpaired) electrons. The summed E-state index contributed by atoms with van der Waals surface area (Å²) in [5.74, 6) is 1.71. The van der Waals surface area contributed by atoms with Gasteiger partial charge in [0.15, 0.2) is 0 Å². The van der Waals surface area contributed by atoms with Crippen LogP contribution < -0.4 is 10.1 Å². The summed E-state index contributed by atoms with van der Waals surface area (Å²) >= 11 is 0. The molecule has 2 rings (SSSR count). The normalized spacial score (nSPS) is 16.5. The van der Waals surface area contributed by atoms with Gasteiger partial charge < -0.3 is 10.1 Å². The monoisotopic (exact) mass is 233 g/mol. The second-order valence-corrected chi connectivity index (χ2v) is 5.07. The van der Waals surface area contributed by atoms with Gasteiger partial charge in [0, 0.05) is 11.6 Å². The lowest BCUT2D eigenvalue weighted by Crippen LogP contribution is -2.26. The topological polar surface area (TPSA) is 21.3 Å². The van der Waals surface area contributed by atoms with Crippen LogP contribution in [0.15, 0.2) is 18.2 Å². The van der Waals surface area contributed by atoms with Crippen molar-refractivity contribution in [3.8, 4) is 5.75 Å². The SMILES string of the molecule is CCNC(c1cccc2c1OCCC2)C(C)C. The smallest absolute Gasteiger partial charge is 0.127 e. The number of rotatable bonds is 4. The van der Waals surface area contributed by atoms with Crippen LogP contribution in [-0.4, -0.2) is 13.2 Å². The van der Waals surface area contributed by atoms with Gasteiger partial charge in [-0.05, 0) is 30.9 Å². The maximum absolute atomic E-state index is 5.89. The largest absolute Gasteiger partial charge is 0.493 e. The van der Waals surface area contributed by atoms with Crippen LogP contribution in [0.2, 0.25) is 0 Å². The summed E-state index contributed by atoms with van der Waals surface area (Å²) in [7, 11) is 0. The van der Waals surface area contributed by atoms with Gasteiger partial charge in [0.1, 0.15) is 5.75 Å².